The topological polar surface area (TPSA) is 105 Å². The molecule has 0 saturated heterocycles. The molecule has 0 amide bonds. The molecule has 5 rings (SSSR count). The molecule has 8 nitrogen and oxygen atoms in total. The first kappa shape index (κ1) is 35.6. The van der Waals surface area contributed by atoms with Gasteiger partial charge in [0.1, 0.15) is 6.54 Å². The molecule has 47 heavy (non-hydrogen) atoms. The fraction of sp³-hybridized carbons (Fsp3) is 0.417. The zero-order valence-electron chi connectivity index (χ0n) is 27.3. The lowest BCUT2D eigenvalue weighted by Gasteiger charge is -2.27. The molecule has 2 aromatic rings. The highest BCUT2D eigenvalue weighted by Crippen LogP contribution is 2.48. The molecule has 3 aliphatic rings. The molecule has 0 fully saturated rings. The van der Waals surface area contributed by atoms with Crippen molar-refractivity contribution in [2.24, 2.45) is 0 Å². The number of allylic oxidation sites excluding steroid dienone is 8. The fourth-order valence-electron chi connectivity index (χ4n) is 7.07. The fourth-order valence-corrected chi connectivity index (χ4v) is 8.22. The van der Waals surface area contributed by atoms with Gasteiger partial charge in [0, 0.05) is 76.1 Å². The third-order valence-corrected chi connectivity index (χ3v) is 11.3. The van der Waals surface area contributed by atoms with Gasteiger partial charge in [-0.2, -0.15) is 8.91 Å². The third kappa shape index (κ3) is 7.80. The van der Waals surface area contributed by atoms with Crippen molar-refractivity contribution >= 4 is 50.8 Å². The van der Waals surface area contributed by atoms with Gasteiger partial charge in [0.2, 0.25) is 5.69 Å². The minimum atomic E-state index is -4.29. The van der Waals surface area contributed by atoms with E-state index in [1.54, 1.807) is 0 Å². The number of rotatable bonds is 13. The summed E-state index contributed by atoms with van der Waals surface area (Å²) >= 11 is 8.12. The number of hydrogen-bond donors (Lipinski definition) is 0. The molecule has 0 bridgehead atoms. The van der Waals surface area contributed by atoms with Crippen LogP contribution in [0.5, 0.6) is 0 Å². The van der Waals surface area contributed by atoms with Crippen LogP contribution in [0, 0.1) is 0 Å². The van der Waals surface area contributed by atoms with E-state index in [9.17, 15) is 18.2 Å². The molecule has 0 aromatic heterocycles. The summed E-state index contributed by atoms with van der Waals surface area (Å²) in [6.07, 6.45) is 12.3. The highest BCUT2D eigenvalue weighted by Gasteiger charge is 2.44. The van der Waals surface area contributed by atoms with Crippen LogP contribution in [-0.4, -0.2) is 47.9 Å². The highest BCUT2D eigenvalue weighted by molar-refractivity contribution is 7.94. The molecular weight excluding hydrogens is 656 g/mol. The van der Waals surface area contributed by atoms with Crippen molar-refractivity contribution in [3.8, 4) is 0 Å². The number of benzene rings is 2. The first-order valence-electron chi connectivity index (χ1n) is 16.0. The summed E-state index contributed by atoms with van der Waals surface area (Å²) < 4.78 is 40.8. The van der Waals surface area contributed by atoms with Crippen LogP contribution in [0.4, 0.5) is 11.4 Å². The Kier molecular flexibility index (Phi) is 11.2. The summed E-state index contributed by atoms with van der Waals surface area (Å²) in [6.45, 7) is 10.0. The average Bonchev–Trinajstić information content (AvgIpc) is 3.38. The Hall–Kier alpha value is -2.70. The summed E-state index contributed by atoms with van der Waals surface area (Å²) in [5.74, 6) is 0.225. The van der Waals surface area contributed by atoms with Crippen LogP contribution in [0.15, 0.2) is 94.7 Å². The van der Waals surface area contributed by atoms with Crippen LogP contribution in [0.3, 0.4) is 0 Å². The van der Waals surface area contributed by atoms with E-state index in [2.05, 4.69) is 101 Å². The monoisotopic (exact) mass is 697 g/mol. The minimum Gasteiger partial charge on any atom is -0.748 e. The van der Waals surface area contributed by atoms with Gasteiger partial charge in [-0.25, -0.2) is 8.42 Å². The van der Waals surface area contributed by atoms with E-state index in [1.807, 2.05) is 18.2 Å². The maximum Gasteiger partial charge on any atom is 0.209 e. The van der Waals surface area contributed by atoms with Gasteiger partial charge in [0.05, 0.1) is 15.5 Å². The van der Waals surface area contributed by atoms with E-state index >= 15 is 0 Å². The number of nitrogens with zero attached hydrogens (tertiary/aromatic N) is 2. The Labute approximate surface area is 287 Å². The van der Waals surface area contributed by atoms with Crippen LogP contribution in [0.25, 0.3) is 0 Å². The van der Waals surface area contributed by atoms with Crippen molar-refractivity contribution in [2.75, 3.05) is 29.5 Å². The van der Waals surface area contributed by atoms with Gasteiger partial charge in [-0.1, -0.05) is 74.0 Å². The Bertz CT molecular complexity index is 1760. The lowest BCUT2D eigenvalue weighted by molar-refractivity contribution is -0.777. The van der Waals surface area contributed by atoms with Gasteiger partial charge in [-0.3, -0.25) is 5.04 Å². The second-order valence-corrected chi connectivity index (χ2v) is 15.9. The molecule has 2 heterocycles. The maximum absolute atomic E-state index is 11.3. The van der Waals surface area contributed by atoms with Crippen molar-refractivity contribution < 1.29 is 32.2 Å². The van der Waals surface area contributed by atoms with E-state index in [0.717, 1.165) is 77.4 Å². The largest absolute Gasteiger partial charge is 0.748 e. The summed E-state index contributed by atoms with van der Waals surface area (Å²) in [7, 11) is -4.29. The number of para-hydroxylation sites is 2. The Morgan fingerprint density at radius 2 is 1.70 bits per heavy atom. The van der Waals surface area contributed by atoms with Gasteiger partial charge < -0.3 is 14.7 Å². The zero-order valence-corrected chi connectivity index (χ0v) is 29.7. The SMILES string of the molecule is CC1(C)C(/C=C/C2=C(Cl)C(=C/C=C3/N(CCCS(=O)(=O)[O-])c4ccccc4C3(C)C)/CCC2)=[N+](CCCSOO[O-])c2ccccc21. The molecule has 0 unspecified atom stereocenters. The predicted molar refractivity (Wildman–Crippen MR) is 187 cm³/mol. The second kappa shape index (κ2) is 14.8. The molecule has 2 aromatic carbocycles. The maximum atomic E-state index is 11.3. The van der Waals surface area contributed by atoms with Crippen LogP contribution in [0.1, 0.15) is 70.9 Å². The number of anilines is 1. The molecule has 252 valence electrons. The lowest BCUT2D eigenvalue weighted by Crippen LogP contribution is -2.28. The van der Waals surface area contributed by atoms with Crippen LogP contribution < -0.4 is 10.2 Å². The molecule has 0 radical (unpaired) electrons. The Morgan fingerprint density at radius 1 is 0.979 bits per heavy atom. The molecule has 0 N–H and O–H groups in total. The standard InChI is InChI=1S/C36H43ClN2O6S2/c1-35(2)28-14-5-7-16-30(28)38(22-10-24-46-45-44-40)32(35)20-18-26-12-9-13-27(34(26)37)19-21-33-36(3,4)29-15-6-8-17-31(29)39(33)23-11-25-47(41,42)43/h5-8,14-21H,9-13,22-25H2,1-4H3,(H-,40,41,42,43)/p-1. The van der Waals surface area contributed by atoms with E-state index in [1.165, 1.54) is 17.0 Å². The number of halogens is 1. The molecule has 0 spiro atoms. The van der Waals surface area contributed by atoms with Gasteiger partial charge in [-0.05, 0) is 68.4 Å². The third-order valence-electron chi connectivity index (χ3n) is 9.40. The Balaban J connectivity index is 1.44. The van der Waals surface area contributed by atoms with Crippen molar-refractivity contribution in [1.82, 2.24) is 0 Å². The van der Waals surface area contributed by atoms with E-state index < -0.39 is 15.9 Å². The smallest absolute Gasteiger partial charge is 0.209 e. The van der Waals surface area contributed by atoms with Gasteiger partial charge in [-0.15, -0.1) is 0 Å². The summed E-state index contributed by atoms with van der Waals surface area (Å²) in [4.78, 5) is 2.14. The van der Waals surface area contributed by atoms with Crippen molar-refractivity contribution in [2.45, 2.75) is 70.6 Å². The summed E-state index contributed by atoms with van der Waals surface area (Å²) in [5, 5.41) is 14.4. The van der Waals surface area contributed by atoms with Crippen LogP contribution in [0.2, 0.25) is 0 Å². The van der Waals surface area contributed by atoms with Crippen molar-refractivity contribution in [3.05, 3.63) is 106 Å². The van der Waals surface area contributed by atoms with Crippen molar-refractivity contribution in [3.63, 3.8) is 0 Å². The summed E-state index contributed by atoms with van der Waals surface area (Å²) in [5.41, 5.74) is 8.49. The first-order valence-corrected chi connectivity index (χ1v) is 18.8. The van der Waals surface area contributed by atoms with E-state index in [4.69, 9.17) is 11.6 Å². The van der Waals surface area contributed by atoms with Crippen LogP contribution in [-0.2, 0) is 30.3 Å². The quantitative estimate of drug-likeness (QED) is 0.0545. The van der Waals surface area contributed by atoms with E-state index in [-0.39, 0.29) is 17.3 Å². The van der Waals surface area contributed by atoms with Crippen molar-refractivity contribution in [1.29, 1.82) is 0 Å². The molecule has 1 aliphatic carbocycles. The van der Waals surface area contributed by atoms with Gasteiger partial charge >= 0.3 is 0 Å². The molecule has 11 heteroatoms. The normalized spacial score (nSPS) is 20.6. The lowest BCUT2D eigenvalue weighted by atomic mass is 9.81. The van der Waals surface area contributed by atoms with E-state index in [0.29, 0.717) is 12.3 Å². The molecular formula is C36H42ClN2O6S2-. The highest BCUT2D eigenvalue weighted by atomic mass is 35.5. The van der Waals surface area contributed by atoms with Gasteiger partial charge in [0.25, 0.3) is 0 Å². The zero-order chi connectivity index (χ0) is 33.8. The number of fused-ring (bicyclic) bond motifs is 2. The molecule has 0 atom stereocenters. The first-order chi connectivity index (χ1) is 22.4. The number of hydrogen-bond acceptors (Lipinski definition) is 8. The molecule has 0 saturated carbocycles. The second-order valence-electron chi connectivity index (χ2n) is 13.2. The average molecular weight is 698 g/mol. The Morgan fingerprint density at radius 3 is 2.45 bits per heavy atom. The van der Waals surface area contributed by atoms with Gasteiger partial charge in [0.15, 0.2) is 5.71 Å². The van der Waals surface area contributed by atoms with Crippen LogP contribution >= 0.6 is 23.6 Å². The minimum absolute atomic E-state index is 0.211. The summed E-state index contributed by atoms with van der Waals surface area (Å²) in [6, 6.07) is 16.6. The predicted octanol–water partition coefficient (Wildman–Crippen LogP) is 7.10. The molecule has 2 aliphatic heterocycles.